The standard InChI is InChI=1S/C21H25N3O2/c1-21(25,15-6-9-22-10-7-15)14-24-19-5-4-16(26-3)12-18(19)17-8-11-23(2)13-20(17)24/h4-7,9-10,12,25H,8,11,13-14H2,1-3H3. The molecular formula is C21H25N3O2. The molecule has 1 aliphatic heterocycles. The van der Waals surface area contributed by atoms with Gasteiger partial charge in [0.2, 0.25) is 0 Å². The quantitative estimate of drug-likeness (QED) is 0.785. The van der Waals surface area contributed by atoms with Gasteiger partial charge in [-0.25, -0.2) is 0 Å². The van der Waals surface area contributed by atoms with Gasteiger partial charge in [-0.3, -0.25) is 4.98 Å². The Morgan fingerprint density at radius 2 is 2.00 bits per heavy atom. The number of fused-ring (bicyclic) bond motifs is 3. The van der Waals surface area contributed by atoms with E-state index >= 15 is 0 Å². The maximum absolute atomic E-state index is 11.2. The largest absolute Gasteiger partial charge is 0.497 e. The lowest BCUT2D eigenvalue weighted by molar-refractivity contribution is 0.0380. The van der Waals surface area contributed by atoms with Gasteiger partial charge in [0.25, 0.3) is 0 Å². The lowest BCUT2D eigenvalue weighted by Crippen LogP contribution is -2.32. The predicted molar refractivity (Wildman–Crippen MR) is 102 cm³/mol. The second-order valence-corrected chi connectivity index (χ2v) is 7.39. The monoisotopic (exact) mass is 351 g/mol. The molecule has 0 saturated carbocycles. The third-order valence-electron chi connectivity index (χ3n) is 5.43. The van der Waals surface area contributed by atoms with E-state index in [2.05, 4.69) is 33.6 Å². The maximum Gasteiger partial charge on any atom is 0.119 e. The Hall–Kier alpha value is -2.37. The molecule has 1 aliphatic rings. The van der Waals surface area contributed by atoms with Gasteiger partial charge in [-0.15, -0.1) is 0 Å². The molecule has 0 saturated heterocycles. The summed E-state index contributed by atoms with van der Waals surface area (Å²) in [6.07, 6.45) is 4.47. The summed E-state index contributed by atoms with van der Waals surface area (Å²) in [5.74, 6) is 0.872. The summed E-state index contributed by atoms with van der Waals surface area (Å²) in [7, 11) is 3.85. The van der Waals surface area contributed by atoms with Crippen molar-refractivity contribution in [2.24, 2.45) is 0 Å². The van der Waals surface area contributed by atoms with Crippen LogP contribution in [-0.4, -0.2) is 40.3 Å². The van der Waals surface area contributed by atoms with Gasteiger partial charge in [-0.05, 0) is 61.9 Å². The molecule has 0 fully saturated rings. The third-order valence-corrected chi connectivity index (χ3v) is 5.43. The number of rotatable bonds is 4. The van der Waals surface area contributed by atoms with E-state index in [-0.39, 0.29) is 0 Å². The number of methoxy groups -OCH3 is 1. The minimum absolute atomic E-state index is 0.503. The summed E-state index contributed by atoms with van der Waals surface area (Å²) in [6, 6.07) is 9.99. The molecule has 1 aromatic carbocycles. The first-order chi connectivity index (χ1) is 12.5. The molecule has 5 nitrogen and oxygen atoms in total. The summed E-state index contributed by atoms with van der Waals surface area (Å²) in [4.78, 5) is 6.40. The van der Waals surface area contributed by atoms with Crippen LogP contribution in [0.1, 0.15) is 23.7 Å². The predicted octanol–water partition coefficient (Wildman–Crippen LogP) is 2.94. The summed E-state index contributed by atoms with van der Waals surface area (Å²) in [5, 5.41) is 12.4. The van der Waals surface area contributed by atoms with E-state index in [0.717, 1.165) is 36.3 Å². The van der Waals surface area contributed by atoms with Gasteiger partial charge in [-0.2, -0.15) is 0 Å². The van der Waals surface area contributed by atoms with E-state index in [9.17, 15) is 5.11 Å². The number of ether oxygens (including phenoxy) is 1. The SMILES string of the molecule is COc1ccc2c(c1)c1c(n2CC(C)(O)c2ccncc2)CN(C)CC1. The molecule has 4 rings (SSSR count). The topological polar surface area (TPSA) is 50.5 Å². The Morgan fingerprint density at radius 3 is 2.73 bits per heavy atom. The number of hydrogen-bond donors (Lipinski definition) is 1. The molecule has 0 spiro atoms. The molecule has 1 N–H and O–H groups in total. The molecule has 1 atom stereocenters. The van der Waals surface area contributed by atoms with E-state index < -0.39 is 5.60 Å². The first kappa shape index (κ1) is 17.1. The van der Waals surface area contributed by atoms with Crippen molar-refractivity contribution >= 4 is 10.9 Å². The molecule has 1 unspecified atom stereocenters. The van der Waals surface area contributed by atoms with Gasteiger partial charge in [0.05, 0.1) is 13.7 Å². The van der Waals surface area contributed by atoms with Crippen LogP contribution < -0.4 is 4.74 Å². The summed E-state index contributed by atoms with van der Waals surface area (Å²) < 4.78 is 7.72. The fourth-order valence-electron chi connectivity index (χ4n) is 3.97. The van der Waals surface area contributed by atoms with Gasteiger partial charge in [0, 0.05) is 42.1 Å². The Morgan fingerprint density at radius 1 is 1.23 bits per heavy atom. The minimum Gasteiger partial charge on any atom is -0.497 e. The van der Waals surface area contributed by atoms with Gasteiger partial charge in [-0.1, -0.05) is 0 Å². The Balaban J connectivity index is 1.85. The van der Waals surface area contributed by atoms with Crippen molar-refractivity contribution in [3.8, 4) is 5.75 Å². The summed E-state index contributed by atoms with van der Waals surface area (Å²) in [6.45, 7) is 4.31. The van der Waals surface area contributed by atoms with Crippen LogP contribution in [0.25, 0.3) is 10.9 Å². The molecule has 0 aliphatic carbocycles. The van der Waals surface area contributed by atoms with Gasteiger partial charge < -0.3 is 19.3 Å². The van der Waals surface area contributed by atoms with Crippen LogP contribution in [0.3, 0.4) is 0 Å². The first-order valence-electron chi connectivity index (χ1n) is 8.99. The van der Waals surface area contributed by atoms with Crippen molar-refractivity contribution in [3.63, 3.8) is 0 Å². The number of nitrogens with zero attached hydrogens (tertiary/aromatic N) is 3. The minimum atomic E-state index is -0.974. The van der Waals surface area contributed by atoms with Crippen molar-refractivity contribution in [2.45, 2.75) is 32.0 Å². The Bertz CT molecular complexity index is 931. The molecule has 0 amide bonds. The molecule has 3 aromatic rings. The van der Waals surface area contributed by atoms with Crippen LogP contribution in [0.15, 0.2) is 42.7 Å². The fourth-order valence-corrected chi connectivity index (χ4v) is 3.97. The molecule has 0 bridgehead atoms. The normalized spacial score (nSPS) is 17.1. The van der Waals surface area contributed by atoms with Crippen molar-refractivity contribution in [2.75, 3.05) is 20.7 Å². The second-order valence-electron chi connectivity index (χ2n) is 7.39. The van der Waals surface area contributed by atoms with Crippen LogP contribution >= 0.6 is 0 Å². The molecule has 2 aromatic heterocycles. The van der Waals surface area contributed by atoms with Crippen LogP contribution in [0.4, 0.5) is 0 Å². The fraction of sp³-hybridized carbons (Fsp3) is 0.381. The van der Waals surface area contributed by atoms with Crippen molar-refractivity contribution in [1.29, 1.82) is 0 Å². The van der Waals surface area contributed by atoms with E-state index in [1.54, 1.807) is 19.5 Å². The van der Waals surface area contributed by atoms with Crippen molar-refractivity contribution in [3.05, 3.63) is 59.5 Å². The van der Waals surface area contributed by atoms with Crippen LogP contribution in [0.2, 0.25) is 0 Å². The van der Waals surface area contributed by atoms with E-state index in [1.807, 2.05) is 25.1 Å². The van der Waals surface area contributed by atoms with Crippen molar-refractivity contribution in [1.82, 2.24) is 14.5 Å². The highest BCUT2D eigenvalue weighted by atomic mass is 16.5. The lowest BCUT2D eigenvalue weighted by atomic mass is 9.97. The first-order valence-corrected chi connectivity index (χ1v) is 8.99. The number of aromatic nitrogens is 2. The molecule has 5 heteroatoms. The van der Waals surface area contributed by atoms with Gasteiger partial charge >= 0.3 is 0 Å². The Kier molecular flexibility index (Phi) is 4.21. The van der Waals surface area contributed by atoms with Gasteiger partial charge in [0.15, 0.2) is 0 Å². The number of likely N-dealkylation sites (N-methyl/N-ethyl adjacent to an activating group) is 1. The molecule has 0 radical (unpaired) electrons. The second kappa shape index (κ2) is 6.41. The van der Waals surface area contributed by atoms with Gasteiger partial charge in [0.1, 0.15) is 11.4 Å². The average molecular weight is 351 g/mol. The maximum atomic E-state index is 11.2. The molecule has 26 heavy (non-hydrogen) atoms. The number of benzene rings is 1. The van der Waals surface area contributed by atoms with E-state index in [4.69, 9.17) is 4.74 Å². The highest BCUT2D eigenvalue weighted by Gasteiger charge is 2.29. The molecule has 3 heterocycles. The van der Waals surface area contributed by atoms with Crippen LogP contribution in [-0.2, 0) is 25.1 Å². The molecule has 136 valence electrons. The zero-order chi connectivity index (χ0) is 18.3. The number of aliphatic hydroxyl groups is 1. The van der Waals surface area contributed by atoms with Crippen LogP contribution in [0.5, 0.6) is 5.75 Å². The number of hydrogen-bond acceptors (Lipinski definition) is 4. The summed E-state index contributed by atoms with van der Waals surface area (Å²) in [5.41, 5.74) is 3.72. The van der Waals surface area contributed by atoms with Crippen LogP contribution in [0, 0.1) is 0 Å². The molecular weight excluding hydrogens is 326 g/mol. The highest BCUT2D eigenvalue weighted by molar-refractivity contribution is 5.87. The Labute approximate surface area is 153 Å². The smallest absolute Gasteiger partial charge is 0.119 e. The average Bonchev–Trinajstić information content (AvgIpc) is 2.94. The van der Waals surface area contributed by atoms with E-state index in [0.29, 0.717) is 6.54 Å². The zero-order valence-electron chi connectivity index (χ0n) is 15.6. The highest BCUT2D eigenvalue weighted by Crippen LogP contribution is 2.35. The number of pyridine rings is 1. The third kappa shape index (κ3) is 2.87. The summed E-state index contributed by atoms with van der Waals surface area (Å²) >= 11 is 0. The van der Waals surface area contributed by atoms with E-state index in [1.165, 1.54) is 16.6 Å². The zero-order valence-corrected chi connectivity index (χ0v) is 15.6. The van der Waals surface area contributed by atoms with Crippen molar-refractivity contribution < 1.29 is 9.84 Å². The lowest BCUT2D eigenvalue weighted by Gasteiger charge is -2.29.